The molecule has 0 heterocycles. The molecular weight excluding hydrogens is 248 g/mol. The number of carbonyl (C=O) groups excluding carboxylic acids is 1. The first-order valence-electron chi connectivity index (χ1n) is 5.29. The van der Waals surface area contributed by atoms with E-state index in [2.05, 4.69) is 5.32 Å². The summed E-state index contributed by atoms with van der Waals surface area (Å²) >= 11 is 5.94. The fraction of sp³-hybridized carbons (Fsp3) is 0.417. The summed E-state index contributed by atoms with van der Waals surface area (Å²) in [6, 6.07) is 2.75. The van der Waals surface area contributed by atoms with E-state index in [9.17, 15) is 13.6 Å². The van der Waals surface area contributed by atoms with Crippen molar-refractivity contribution in [1.29, 1.82) is 0 Å². The highest BCUT2D eigenvalue weighted by atomic mass is 35.5. The molecule has 0 saturated heterocycles. The van der Waals surface area contributed by atoms with E-state index in [1.807, 2.05) is 13.8 Å². The van der Waals surface area contributed by atoms with Crippen LogP contribution in [0.2, 0.25) is 0 Å². The van der Waals surface area contributed by atoms with Crippen molar-refractivity contribution in [2.24, 2.45) is 5.92 Å². The normalized spacial score (nSPS) is 12.6. The van der Waals surface area contributed by atoms with Crippen molar-refractivity contribution in [2.75, 3.05) is 6.54 Å². The largest absolute Gasteiger partial charge is 0.350 e. The molecule has 0 radical (unpaired) electrons. The Hall–Kier alpha value is -1.16. The van der Waals surface area contributed by atoms with Gasteiger partial charge in [-0.05, 0) is 24.1 Å². The minimum absolute atomic E-state index is 0.189. The third-order valence-electron chi connectivity index (χ3n) is 2.35. The van der Waals surface area contributed by atoms with Crippen LogP contribution in [0.15, 0.2) is 18.2 Å². The maximum atomic E-state index is 13.2. The standard InChI is InChI=1S/C12H14ClF2NO/c1-7(2)10(13)6-16-12(17)9-5-8(14)3-4-11(9)15/h3-5,7,10H,6H2,1-2H3,(H,16,17). The predicted molar refractivity (Wildman–Crippen MR) is 63.2 cm³/mol. The fourth-order valence-corrected chi connectivity index (χ4v) is 1.27. The Morgan fingerprint density at radius 2 is 2.06 bits per heavy atom. The van der Waals surface area contributed by atoms with Crippen molar-refractivity contribution in [3.8, 4) is 0 Å². The maximum Gasteiger partial charge on any atom is 0.254 e. The Kier molecular flexibility index (Phi) is 4.87. The molecule has 1 N–H and O–H groups in total. The van der Waals surface area contributed by atoms with E-state index in [1.54, 1.807) is 0 Å². The molecule has 1 amide bonds. The monoisotopic (exact) mass is 261 g/mol. The average Bonchev–Trinajstić information content (AvgIpc) is 2.28. The van der Waals surface area contributed by atoms with Crippen LogP contribution in [0.1, 0.15) is 24.2 Å². The second-order valence-corrected chi connectivity index (χ2v) is 4.65. The first kappa shape index (κ1) is 13.9. The van der Waals surface area contributed by atoms with Crippen LogP contribution in [0.3, 0.4) is 0 Å². The molecule has 1 unspecified atom stereocenters. The van der Waals surface area contributed by atoms with Crippen LogP contribution >= 0.6 is 11.6 Å². The number of halogens is 3. The van der Waals surface area contributed by atoms with Crippen molar-refractivity contribution in [2.45, 2.75) is 19.2 Å². The van der Waals surface area contributed by atoms with Crippen molar-refractivity contribution >= 4 is 17.5 Å². The lowest BCUT2D eigenvalue weighted by atomic mass is 10.1. The Bertz CT molecular complexity index is 409. The zero-order valence-corrected chi connectivity index (χ0v) is 10.4. The molecule has 17 heavy (non-hydrogen) atoms. The second kappa shape index (κ2) is 5.96. The summed E-state index contributed by atoms with van der Waals surface area (Å²) in [6.07, 6.45) is 0. The topological polar surface area (TPSA) is 29.1 Å². The molecule has 0 aliphatic carbocycles. The number of rotatable bonds is 4. The molecule has 1 aromatic carbocycles. The molecule has 0 bridgehead atoms. The zero-order valence-electron chi connectivity index (χ0n) is 9.64. The number of nitrogens with one attached hydrogen (secondary N) is 1. The van der Waals surface area contributed by atoms with Crippen molar-refractivity contribution in [3.05, 3.63) is 35.4 Å². The summed E-state index contributed by atoms with van der Waals surface area (Å²) < 4.78 is 26.1. The lowest BCUT2D eigenvalue weighted by molar-refractivity contribution is 0.0948. The molecule has 5 heteroatoms. The molecular formula is C12H14ClF2NO. The summed E-state index contributed by atoms with van der Waals surface area (Å²) in [5, 5.41) is 2.23. The third kappa shape index (κ3) is 3.97. The van der Waals surface area contributed by atoms with Crippen LogP contribution in [0.4, 0.5) is 8.78 Å². The quantitative estimate of drug-likeness (QED) is 0.830. The molecule has 1 atom stereocenters. The first-order chi connectivity index (χ1) is 7.91. The Morgan fingerprint density at radius 3 is 2.65 bits per heavy atom. The summed E-state index contributed by atoms with van der Waals surface area (Å²) in [7, 11) is 0. The molecule has 0 aliphatic rings. The molecule has 0 aliphatic heterocycles. The number of carbonyl (C=O) groups is 1. The van der Waals surface area contributed by atoms with Crippen molar-refractivity contribution in [3.63, 3.8) is 0 Å². The summed E-state index contributed by atoms with van der Waals surface area (Å²) in [6.45, 7) is 4.03. The SMILES string of the molecule is CC(C)C(Cl)CNC(=O)c1cc(F)ccc1F. The molecule has 94 valence electrons. The van der Waals surface area contributed by atoms with Gasteiger partial charge in [-0.25, -0.2) is 8.78 Å². The Balaban J connectivity index is 2.67. The average molecular weight is 262 g/mol. The van der Waals surface area contributed by atoms with Crippen LogP contribution < -0.4 is 5.32 Å². The van der Waals surface area contributed by atoms with E-state index in [0.29, 0.717) is 0 Å². The molecule has 0 aromatic heterocycles. The minimum Gasteiger partial charge on any atom is -0.350 e. The highest BCUT2D eigenvalue weighted by Crippen LogP contribution is 2.11. The number of alkyl halides is 1. The fourth-order valence-electron chi connectivity index (χ4n) is 1.19. The van der Waals surface area contributed by atoms with E-state index in [1.165, 1.54) is 0 Å². The van der Waals surface area contributed by atoms with Gasteiger partial charge in [0.05, 0.1) is 10.9 Å². The zero-order chi connectivity index (χ0) is 13.0. The summed E-state index contributed by atoms with van der Waals surface area (Å²) in [5.74, 6) is -1.87. The molecule has 0 saturated carbocycles. The van der Waals surface area contributed by atoms with E-state index < -0.39 is 17.5 Å². The predicted octanol–water partition coefficient (Wildman–Crippen LogP) is 2.96. The van der Waals surface area contributed by atoms with E-state index >= 15 is 0 Å². The van der Waals surface area contributed by atoms with E-state index in [0.717, 1.165) is 18.2 Å². The van der Waals surface area contributed by atoms with Crippen LogP contribution in [0, 0.1) is 17.6 Å². The third-order valence-corrected chi connectivity index (χ3v) is 3.01. The van der Waals surface area contributed by atoms with Gasteiger partial charge in [0, 0.05) is 6.54 Å². The van der Waals surface area contributed by atoms with Gasteiger partial charge in [0.25, 0.3) is 5.91 Å². The van der Waals surface area contributed by atoms with Gasteiger partial charge in [0.1, 0.15) is 11.6 Å². The smallest absolute Gasteiger partial charge is 0.254 e. The second-order valence-electron chi connectivity index (χ2n) is 4.09. The highest BCUT2D eigenvalue weighted by molar-refractivity contribution is 6.21. The van der Waals surface area contributed by atoms with Crippen molar-refractivity contribution in [1.82, 2.24) is 5.32 Å². The van der Waals surface area contributed by atoms with Gasteiger partial charge < -0.3 is 5.32 Å². The van der Waals surface area contributed by atoms with Crippen LogP contribution in [-0.4, -0.2) is 17.8 Å². The number of amides is 1. The van der Waals surface area contributed by atoms with Crippen LogP contribution in [-0.2, 0) is 0 Å². The lowest BCUT2D eigenvalue weighted by Crippen LogP contribution is -2.32. The first-order valence-corrected chi connectivity index (χ1v) is 5.72. The molecule has 1 rings (SSSR count). The van der Waals surface area contributed by atoms with Gasteiger partial charge in [0.2, 0.25) is 0 Å². The van der Waals surface area contributed by atoms with Gasteiger partial charge in [-0.15, -0.1) is 11.6 Å². The summed E-state index contributed by atoms with van der Waals surface area (Å²) in [4.78, 5) is 11.6. The minimum atomic E-state index is -0.750. The Labute approximate surface area is 104 Å². The number of hydrogen-bond acceptors (Lipinski definition) is 1. The molecule has 1 aromatic rings. The number of benzene rings is 1. The summed E-state index contributed by atoms with van der Waals surface area (Å²) in [5.41, 5.74) is -0.308. The highest BCUT2D eigenvalue weighted by Gasteiger charge is 2.15. The molecule has 2 nitrogen and oxygen atoms in total. The van der Waals surface area contributed by atoms with E-state index in [4.69, 9.17) is 11.6 Å². The van der Waals surface area contributed by atoms with Gasteiger partial charge in [0.15, 0.2) is 0 Å². The van der Waals surface area contributed by atoms with Gasteiger partial charge in [-0.3, -0.25) is 4.79 Å². The van der Waals surface area contributed by atoms with E-state index in [-0.39, 0.29) is 23.4 Å². The Morgan fingerprint density at radius 1 is 1.41 bits per heavy atom. The molecule has 0 spiro atoms. The number of hydrogen-bond donors (Lipinski definition) is 1. The van der Waals surface area contributed by atoms with Gasteiger partial charge in [-0.2, -0.15) is 0 Å². The van der Waals surface area contributed by atoms with Crippen LogP contribution in [0.25, 0.3) is 0 Å². The maximum absolute atomic E-state index is 13.2. The lowest BCUT2D eigenvalue weighted by Gasteiger charge is -2.14. The molecule has 0 fully saturated rings. The van der Waals surface area contributed by atoms with Gasteiger partial charge >= 0.3 is 0 Å². The van der Waals surface area contributed by atoms with Crippen LogP contribution in [0.5, 0.6) is 0 Å². The van der Waals surface area contributed by atoms with Gasteiger partial charge in [-0.1, -0.05) is 13.8 Å². The van der Waals surface area contributed by atoms with Crippen molar-refractivity contribution < 1.29 is 13.6 Å².